The number of methoxy groups -OCH3 is 5. The molecule has 0 saturated heterocycles. The van der Waals surface area contributed by atoms with Crippen LogP contribution in [-0.2, 0) is 0 Å². The number of benzene rings is 2. The first-order chi connectivity index (χ1) is 11.1. The van der Waals surface area contributed by atoms with Crippen molar-refractivity contribution in [3.63, 3.8) is 0 Å². The van der Waals surface area contributed by atoms with Crippen LogP contribution in [0, 0.1) is 0 Å². The van der Waals surface area contributed by atoms with Gasteiger partial charge in [0.1, 0.15) is 17.2 Å². The molecule has 1 N–H and O–H groups in total. The van der Waals surface area contributed by atoms with E-state index in [2.05, 4.69) is 5.32 Å². The summed E-state index contributed by atoms with van der Waals surface area (Å²) in [5, 5.41) is 3.28. The molecular weight excluding hydrogens is 298 g/mol. The molecule has 0 unspecified atom stereocenters. The van der Waals surface area contributed by atoms with Gasteiger partial charge in [-0.3, -0.25) is 0 Å². The van der Waals surface area contributed by atoms with Crippen LogP contribution in [0.25, 0.3) is 0 Å². The molecule has 0 fully saturated rings. The van der Waals surface area contributed by atoms with Crippen LogP contribution in [0.3, 0.4) is 0 Å². The predicted octanol–water partition coefficient (Wildman–Crippen LogP) is 3.47. The summed E-state index contributed by atoms with van der Waals surface area (Å²) in [5.74, 6) is 3.17. The molecule has 0 radical (unpaired) electrons. The second-order valence-corrected chi connectivity index (χ2v) is 4.64. The molecule has 0 aliphatic heterocycles. The maximum absolute atomic E-state index is 5.45. The van der Waals surface area contributed by atoms with Crippen LogP contribution in [0.1, 0.15) is 0 Å². The summed E-state index contributed by atoms with van der Waals surface area (Å²) < 4.78 is 26.7. The van der Waals surface area contributed by atoms with Crippen LogP contribution in [0.15, 0.2) is 30.3 Å². The van der Waals surface area contributed by atoms with E-state index in [0.717, 1.165) is 5.69 Å². The fourth-order valence-corrected chi connectivity index (χ4v) is 2.18. The van der Waals surface area contributed by atoms with Crippen molar-refractivity contribution in [2.24, 2.45) is 0 Å². The minimum Gasteiger partial charge on any atom is -0.497 e. The monoisotopic (exact) mass is 319 g/mol. The first kappa shape index (κ1) is 16.6. The average Bonchev–Trinajstić information content (AvgIpc) is 2.60. The third-order valence-electron chi connectivity index (χ3n) is 3.32. The van der Waals surface area contributed by atoms with E-state index < -0.39 is 0 Å². The Labute approximate surface area is 135 Å². The van der Waals surface area contributed by atoms with E-state index in [9.17, 15) is 0 Å². The molecule has 2 aromatic rings. The van der Waals surface area contributed by atoms with Crippen LogP contribution in [-0.4, -0.2) is 35.5 Å². The fraction of sp³-hybridized carbons (Fsp3) is 0.294. The van der Waals surface area contributed by atoms with Crippen molar-refractivity contribution in [2.75, 3.05) is 40.9 Å². The highest BCUT2D eigenvalue weighted by atomic mass is 16.5. The zero-order chi connectivity index (χ0) is 16.8. The van der Waals surface area contributed by atoms with Crippen molar-refractivity contribution in [2.45, 2.75) is 0 Å². The number of nitrogens with one attached hydrogen (secondary N) is 1. The predicted molar refractivity (Wildman–Crippen MR) is 88.9 cm³/mol. The molecule has 23 heavy (non-hydrogen) atoms. The standard InChI is InChI=1S/C17H21NO5/c1-19-12-6-11(7-13(8-12)20-2)18-15-9-14(21-3)10-16(22-4)17(15)23-5/h6-10,18H,1-5H3. The van der Waals surface area contributed by atoms with Gasteiger partial charge >= 0.3 is 0 Å². The fourth-order valence-electron chi connectivity index (χ4n) is 2.18. The van der Waals surface area contributed by atoms with E-state index in [1.54, 1.807) is 47.7 Å². The van der Waals surface area contributed by atoms with Gasteiger partial charge in [0.25, 0.3) is 0 Å². The Balaban J connectivity index is 2.46. The zero-order valence-electron chi connectivity index (χ0n) is 13.9. The second-order valence-electron chi connectivity index (χ2n) is 4.64. The van der Waals surface area contributed by atoms with E-state index in [0.29, 0.717) is 34.4 Å². The van der Waals surface area contributed by atoms with Crippen LogP contribution in [0.2, 0.25) is 0 Å². The topological polar surface area (TPSA) is 58.2 Å². The van der Waals surface area contributed by atoms with E-state index in [4.69, 9.17) is 23.7 Å². The highest BCUT2D eigenvalue weighted by molar-refractivity contribution is 5.73. The van der Waals surface area contributed by atoms with Gasteiger partial charge in [-0.15, -0.1) is 0 Å². The summed E-state index contributed by atoms with van der Waals surface area (Å²) in [6.07, 6.45) is 0. The second kappa shape index (κ2) is 7.49. The van der Waals surface area contributed by atoms with Crippen LogP contribution in [0.4, 0.5) is 11.4 Å². The van der Waals surface area contributed by atoms with Gasteiger partial charge in [-0.25, -0.2) is 0 Å². The van der Waals surface area contributed by atoms with Crippen molar-refractivity contribution in [3.8, 4) is 28.7 Å². The quantitative estimate of drug-likeness (QED) is 0.843. The van der Waals surface area contributed by atoms with Gasteiger partial charge < -0.3 is 29.0 Å². The Kier molecular flexibility index (Phi) is 5.41. The van der Waals surface area contributed by atoms with E-state index >= 15 is 0 Å². The molecule has 0 atom stereocenters. The third kappa shape index (κ3) is 3.71. The SMILES string of the molecule is COc1cc(Nc2cc(OC)cc(OC)c2OC)cc(OC)c1. The molecule has 124 valence electrons. The van der Waals surface area contributed by atoms with E-state index in [1.807, 2.05) is 18.2 Å². The smallest absolute Gasteiger partial charge is 0.184 e. The third-order valence-corrected chi connectivity index (χ3v) is 3.32. The van der Waals surface area contributed by atoms with Crippen LogP contribution in [0.5, 0.6) is 28.7 Å². The average molecular weight is 319 g/mol. The first-order valence-electron chi connectivity index (χ1n) is 6.95. The number of anilines is 2. The Morgan fingerprint density at radius 1 is 0.609 bits per heavy atom. The van der Waals surface area contributed by atoms with Gasteiger partial charge in [0.15, 0.2) is 11.5 Å². The largest absolute Gasteiger partial charge is 0.497 e. The maximum Gasteiger partial charge on any atom is 0.184 e. The summed E-state index contributed by atoms with van der Waals surface area (Å²) in [7, 11) is 7.97. The Morgan fingerprint density at radius 2 is 1.17 bits per heavy atom. The highest BCUT2D eigenvalue weighted by Gasteiger charge is 2.14. The number of rotatable bonds is 7. The molecule has 0 aliphatic rings. The highest BCUT2D eigenvalue weighted by Crippen LogP contribution is 2.41. The van der Waals surface area contributed by atoms with Gasteiger partial charge in [0, 0.05) is 36.0 Å². The van der Waals surface area contributed by atoms with Crippen molar-refractivity contribution >= 4 is 11.4 Å². The molecule has 6 heteroatoms. The lowest BCUT2D eigenvalue weighted by molar-refractivity contribution is 0.350. The number of ether oxygens (including phenoxy) is 5. The van der Waals surface area contributed by atoms with Crippen molar-refractivity contribution < 1.29 is 23.7 Å². The van der Waals surface area contributed by atoms with Gasteiger partial charge in [-0.1, -0.05) is 0 Å². The summed E-state index contributed by atoms with van der Waals surface area (Å²) in [6.45, 7) is 0. The molecule has 2 rings (SSSR count). The summed E-state index contributed by atoms with van der Waals surface area (Å²) in [6, 6.07) is 9.10. The molecular formula is C17H21NO5. The normalized spacial score (nSPS) is 9.96. The molecule has 0 spiro atoms. The molecule has 0 amide bonds. The van der Waals surface area contributed by atoms with Gasteiger partial charge in [-0.2, -0.15) is 0 Å². The van der Waals surface area contributed by atoms with Crippen LogP contribution < -0.4 is 29.0 Å². The molecule has 0 heterocycles. The molecule has 0 saturated carbocycles. The van der Waals surface area contributed by atoms with Crippen molar-refractivity contribution in [1.29, 1.82) is 0 Å². The summed E-state index contributed by atoms with van der Waals surface area (Å²) >= 11 is 0. The number of hydrogen-bond donors (Lipinski definition) is 1. The van der Waals surface area contributed by atoms with Crippen LogP contribution >= 0.6 is 0 Å². The maximum atomic E-state index is 5.45. The van der Waals surface area contributed by atoms with Gasteiger partial charge in [0.05, 0.1) is 41.2 Å². The van der Waals surface area contributed by atoms with Gasteiger partial charge in [0.2, 0.25) is 0 Å². The number of hydrogen-bond acceptors (Lipinski definition) is 6. The first-order valence-corrected chi connectivity index (χ1v) is 6.95. The lowest BCUT2D eigenvalue weighted by Gasteiger charge is -2.17. The van der Waals surface area contributed by atoms with Crippen molar-refractivity contribution in [3.05, 3.63) is 30.3 Å². The molecule has 0 aliphatic carbocycles. The molecule has 2 aromatic carbocycles. The van der Waals surface area contributed by atoms with E-state index in [-0.39, 0.29) is 0 Å². The molecule has 6 nitrogen and oxygen atoms in total. The Hall–Kier alpha value is -2.76. The molecule has 0 bridgehead atoms. The Morgan fingerprint density at radius 3 is 1.65 bits per heavy atom. The zero-order valence-corrected chi connectivity index (χ0v) is 13.9. The molecule has 0 aromatic heterocycles. The minimum absolute atomic E-state index is 0.573. The summed E-state index contributed by atoms with van der Waals surface area (Å²) in [5.41, 5.74) is 1.49. The lowest BCUT2D eigenvalue weighted by atomic mass is 10.2. The van der Waals surface area contributed by atoms with Gasteiger partial charge in [-0.05, 0) is 0 Å². The summed E-state index contributed by atoms with van der Waals surface area (Å²) in [4.78, 5) is 0. The Bertz CT molecular complexity index is 650. The van der Waals surface area contributed by atoms with E-state index in [1.165, 1.54) is 0 Å². The lowest BCUT2D eigenvalue weighted by Crippen LogP contribution is -1.99. The minimum atomic E-state index is 0.573. The van der Waals surface area contributed by atoms with Crippen molar-refractivity contribution in [1.82, 2.24) is 0 Å².